The maximum Gasteiger partial charge on any atom is 0.267 e. The van der Waals surface area contributed by atoms with Crippen molar-refractivity contribution in [2.24, 2.45) is 0 Å². The minimum atomic E-state index is -0.373. The summed E-state index contributed by atoms with van der Waals surface area (Å²) in [4.78, 5) is 25.1. The second-order valence-electron chi connectivity index (χ2n) is 7.81. The summed E-state index contributed by atoms with van der Waals surface area (Å²) in [7, 11) is 0. The van der Waals surface area contributed by atoms with Gasteiger partial charge < -0.3 is 10.6 Å². The molecular weight excluding hydrogens is 455 g/mol. The van der Waals surface area contributed by atoms with Crippen molar-refractivity contribution in [3.8, 4) is 0 Å². The van der Waals surface area contributed by atoms with Gasteiger partial charge in [0.05, 0.1) is 12.5 Å². The molecular formula is C26H22ClFN4O2. The second kappa shape index (κ2) is 10.3. The molecule has 0 fully saturated rings. The third-order valence-electron chi connectivity index (χ3n) is 5.25. The normalized spacial score (nSPS) is 11.6. The molecule has 3 aromatic carbocycles. The van der Waals surface area contributed by atoms with Gasteiger partial charge in [-0.25, -0.2) is 9.07 Å². The molecule has 8 heteroatoms. The van der Waals surface area contributed by atoms with Gasteiger partial charge >= 0.3 is 0 Å². The van der Waals surface area contributed by atoms with E-state index in [0.717, 1.165) is 11.1 Å². The lowest BCUT2D eigenvalue weighted by atomic mass is 10.0. The van der Waals surface area contributed by atoms with Gasteiger partial charge in [0, 0.05) is 22.5 Å². The Hall–Kier alpha value is -3.97. The lowest BCUT2D eigenvalue weighted by Crippen LogP contribution is -2.23. The van der Waals surface area contributed by atoms with Crippen LogP contribution in [0.5, 0.6) is 0 Å². The fourth-order valence-electron chi connectivity index (χ4n) is 3.42. The van der Waals surface area contributed by atoms with Crippen molar-refractivity contribution < 1.29 is 9.18 Å². The molecule has 0 aliphatic rings. The lowest BCUT2D eigenvalue weighted by Gasteiger charge is -2.14. The molecule has 1 heterocycles. The average molecular weight is 477 g/mol. The van der Waals surface area contributed by atoms with Gasteiger partial charge in [0.25, 0.3) is 5.56 Å². The summed E-state index contributed by atoms with van der Waals surface area (Å²) in [6.45, 7) is 2.02. The van der Waals surface area contributed by atoms with Crippen LogP contribution in [0.1, 0.15) is 24.0 Å². The molecule has 34 heavy (non-hydrogen) atoms. The highest BCUT2D eigenvalue weighted by atomic mass is 35.5. The van der Waals surface area contributed by atoms with Crippen LogP contribution in [0.4, 0.5) is 21.6 Å². The van der Waals surface area contributed by atoms with Crippen molar-refractivity contribution in [3.63, 3.8) is 0 Å². The summed E-state index contributed by atoms with van der Waals surface area (Å²) >= 11 is 5.93. The Balaban J connectivity index is 1.47. The third-order valence-corrected chi connectivity index (χ3v) is 5.51. The molecule has 0 spiro atoms. The first-order chi connectivity index (χ1) is 16.4. The summed E-state index contributed by atoms with van der Waals surface area (Å²) in [5.41, 5.74) is 2.50. The monoisotopic (exact) mass is 476 g/mol. The molecule has 0 saturated carbocycles. The van der Waals surface area contributed by atoms with Gasteiger partial charge in [-0.2, -0.15) is 5.10 Å². The summed E-state index contributed by atoms with van der Waals surface area (Å²) < 4.78 is 14.7. The van der Waals surface area contributed by atoms with E-state index in [4.69, 9.17) is 11.6 Å². The van der Waals surface area contributed by atoms with Crippen molar-refractivity contribution >= 4 is 34.7 Å². The van der Waals surface area contributed by atoms with Gasteiger partial charge in [-0.3, -0.25) is 9.59 Å². The molecule has 4 aromatic rings. The number of halogens is 2. The minimum Gasteiger partial charge on any atom is -0.339 e. The van der Waals surface area contributed by atoms with E-state index in [1.54, 1.807) is 48.5 Å². The number of carbonyl (C=O) groups excluding carboxylic acids is 1. The number of nitrogens with zero attached hydrogens (tertiary/aromatic N) is 2. The Kier molecular flexibility index (Phi) is 7.04. The van der Waals surface area contributed by atoms with Crippen LogP contribution in [0, 0.1) is 5.82 Å². The minimum absolute atomic E-state index is 0.156. The van der Waals surface area contributed by atoms with Gasteiger partial charge in [0.15, 0.2) is 5.82 Å². The number of hydrogen-bond acceptors (Lipinski definition) is 4. The molecule has 1 aromatic heterocycles. The van der Waals surface area contributed by atoms with Crippen molar-refractivity contribution in [2.75, 3.05) is 10.6 Å². The first kappa shape index (κ1) is 23.2. The Morgan fingerprint density at radius 3 is 2.50 bits per heavy atom. The van der Waals surface area contributed by atoms with Gasteiger partial charge in [-0.1, -0.05) is 41.9 Å². The summed E-state index contributed by atoms with van der Waals surface area (Å²) in [5.74, 6) is -0.485. The van der Waals surface area contributed by atoms with Gasteiger partial charge in [-0.15, -0.1) is 0 Å². The molecule has 0 aliphatic heterocycles. The zero-order valence-electron chi connectivity index (χ0n) is 18.3. The summed E-state index contributed by atoms with van der Waals surface area (Å²) in [6, 6.07) is 23.3. The predicted molar refractivity (Wildman–Crippen MR) is 132 cm³/mol. The highest BCUT2D eigenvalue weighted by Gasteiger charge is 2.15. The van der Waals surface area contributed by atoms with E-state index in [2.05, 4.69) is 15.7 Å². The summed E-state index contributed by atoms with van der Waals surface area (Å²) in [6.07, 6.45) is 0. The Bertz CT molecular complexity index is 1370. The predicted octanol–water partition coefficient (Wildman–Crippen LogP) is 5.57. The zero-order chi connectivity index (χ0) is 24.1. The third kappa shape index (κ3) is 5.88. The van der Waals surface area contributed by atoms with E-state index >= 15 is 0 Å². The second-order valence-corrected chi connectivity index (χ2v) is 8.25. The molecule has 4 rings (SSSR count). The fourth-order valence-corrected chi connectivity index (χ4v) is 3.54. The van der Waals surface area contributed by atoms with Crippen molar-refractivity contribution in [3.05, 3.63) is 117 Å². The molecule has 0 bridgehead atoms. The molecule has 172 valence electrons. The van der Waals surface area contributed by atoms with Gasteiger partial charge in [0.1, 0.15) is 5.82 Å². The number of aromatic nitrogens is 2. The molecule has 0 aliphatic carbocycles. The number of hydrogen-bond donors (Lipinski definition) is 2. The van der Waals surface area contributed by atoms with E-state index < -0.39 is 0 Å². The van der Waals surface area contributed by atoms with E-state index in [0.29, 0.717) is 22.2 Å². The maximum atomic E-state index is 13.4. The number of carbonyl (C=O) groups is 1. The van der Waals surface area contributed by atoms with Crippen LogP contribution < -0.4 is 16.2 Å². The number of nitrogens with one attached hydrogen (secondary N) is 2. The molecule has 6 nitrogen and oxygen atoms in total. The van der Waals surface area contributed by atoms with Crippen LogP contribution in [0.3, 0.4) is 0 Å². The summed E-state index contributed by atoms with van der Waals surface area (Å²) in [5, 5.41) is 10.9. The number of anilines is 3. The molecule has 1 amide bonds. The molecule has 0 radical (unpaired) electrons. The van der Waals surface area contributed by atoms with Crippen molar-refractivity contribution in [1.82, 2.24) is 9.78 Å². The van der Waals surface area contributed by atoms with E-state index in [1.165, 1.54) is 22.9 Å². The van der Waals surface area contributed by atoms with Gasteiger partial charge in [-0.05, 0) is 66.6 Å². The number of amides is 1. The SMILES string of the molecule is CC(C(=O)Nc1cccc(Cn2nc(Nc3cccc(F)c3)ccc2=O)c1)c1ccc(Cl)cc1. The standard InChI is InChI=1S/C26H22ClFN4O2/c1-17(19-8-10-20(27)11-9-19)26(34)30-22-6-2-4-18(14-22)16-32-25(33)13-12-24(31-32)29-23-7-3-5-21(28)15-23/h2-15,17H,16H2,1H3,(H,29,31)(H,30,34). The Labute approximate surface area is 201 Å². The molecule has 1 unspecified atom stereocenters. The molecule has 2 N–H and O–H groups in total. The van der Waals surface area contributed by atoms with Crippen LogP contribution in [0.25, 0.3) is 0 Å². The number of benzene rings is 3. The van der Waals surface area contributed by atoms with E-state index in [-0.39, 0.29) is 29.7 Å². The van der Waals surface area contributed by atoms with Crippen LogP contribution in [0.2, 0.25) is 5.02 Å². The number of rotatable bonds is 7. The van der Waals surface area contributed by atoms with Gasteiger partial charge in [0.2, 0.25) is 5.91 Å². The largest absolute Gasteiger partial charge is 0.339 e. The van der Waals surface area contributed by atoms with Crippen molar-refractivity contribution in [1.29, 1.82) is 0 Å². The topological polar surface area (TPSA) is 76.0 Å². The highest BCUT2D eigenvalue weighted by Crippen LogP contribution is 2.21. The molecule has 1 atom stereocenters. The van der Waals surface area contributed by atoms with E-state index in [1.807, 2.05) is 25.1 Å². The van der Waals surface area contributed by atoms with E-state index in [9.17, 15) is 14.0 Å². The Morgan fingerprint density at radius 1 is 1.00 bits per heavy atom. The van der Waals surface area contributed by atoms with Crippen LogP contribution >= 0.6 is 11.6 Å². The first-order valence-corrected chi connectivity index (χ1v) is 11.0. The fraction of sp³-hybridized carbons (Fsp3) is 0.115. The molecule has 0 saturated heterocycles. The van der Waals surface area contributed by atoms with Crippen molar-refractivity contribution in [2.45, 2.75) is 19.4 Å². The smallest absolute Gasteiger partial charge is 0.267 e. The highest BCUT2D eigenvalue weighted by molar-refractivity contribution is 6.30. The lowest BCUT2D eigenvalue weighted by molar-refractivity contribution is -0.117. The Morgan fingerprint density at radius 2 is 1.74 bits per heavy atom. The van der Waals surface area contributed by atoms with Crippen LogP contribution in [-0.2, 0) is 11.3 Å². The zero-order valence-corrected chi connectivity index (χ0v) is 19.1. The van der Waals surface area contributed by atoms with Crippen LogP contribution in [0.15, 0.2) is 89.7 Å². The maximum absolute atomic E-state index is 13.4. The average Bonchev–Trinajstić information content (AvgIpc) is 2.81. The quantitative estimate of drug-likeness (QED) is 0.365. The first-order valence-electron chi connectivity index (χ1n) is 10.6. The van der Waals surface area contributed by atoms with Crippen LogP contribution in [-0.4, -0.2) is 15.7 Å².